The summed E-state index contributed by atoms with van der Waals surface area (Å²) >= 11 is 0. The number of carbonyl (C=O) groups is 1. The molecule has 1 heterocycles. The molecule has 0 unspecified atom stereocenters. The van der Waals surface area contributed by atoms with Gasteiger partial charge in [0, 0.05) is 17.5 Å². The highest BCUT2D eigenvalue weighted by molar-refractivity contribution is 6.05. The molecule has 19 heavy (non-hydrogen) atoms. The highest BCUT2D eigenvalue weighted by atomic mass is 16.4. The molecule has 0 saturated heterocycles. The highest BCUT2D eigenvalue weighted by Crippen LogP contribution is 2.26. The molecule has 0 fully saturated rings. The average molecular weight is 254 g/mol. The molecule has 0 atom stereocenters. The zero-order valence-corrected chi connectivity index (χ0v) is 10.3. The molecule has 2 aromatic rings. The minimum atomic E-state index is -1.21. The fraction of sp³-hybridized carbons (Fsp3) is 0.200. The van der Waals surface area contributed by atoms with Crippen LogP contribution in [0.2, 0.25) is 0 Å². The zero-order valence-electron chi connectivity index (χ0n) is 10.3. The van der Waals surface area contributed by atoms with Crippen molar-refractivity contribution in [2.75, 3.05) is 0 Å². The molecule has 0 bridgehead atoms. The maximum atomic E-state index is 11.1. The van der Waals surface area contributed by atoms with Gasteiger partial charge in [-0.25, -0.2) is 0 Å². The first-order chi connectivity index (χ1) is 9.25. The van der Waals surface area contributed by atoms with Gasteiger partial charge in [0.1, 0.15) is 5.76 Å². The summed E-state index contributed by atoms with van der Waals surface area (Å²) in [6.07, 6.45) is 4.35. The summed E-state index contributed by atoms with van der Waals surface area (Å²) in [5, 5.41) is 11.1. The molecule has 1 aromatic carbocycles. The minimum absolute atomic E-state index is 0.116. The normalized spacial score (nSPS) is 16.3. The van der Waals surface area contributed by atoms with Crippen molar-refractivity contribution < 1.29 is 14.3 Å². The molecule has 96 valence electrons. The molecular formula is C15H12NO3-. The number of aromatic carboxylic acids is 1. The Bertz CT molecular complexity index is 655. The predicted molar refractivity (Wildman–Crippen MR) is 68.6 cm³/mol. The number of nitrogens with zero attached hydrogens (tertiary/aromatic N) is 1. The summed E-state index contributed by atoms with van der Waals surface area (Å²) in [5.74, 6) is -0.279. The van der Waals surface area contributed by atoms with Crippen molar-refractivity contribution in [1.29, 1.82) is 0 Å². The van der Waals surface area contributed by atoms with E-state index in [1.807, 2.05) is 6.07 Å². The van der Waals surface area contributed by atoms with Crippen molar-refractivity contribution in [2.24, 2.45) is 4.99 Å². The van der Waals surface area contributed by atoms with E-state index in [2.05, 4.69) is 4.99 Å². The summed E-state index contributed by atoms with van der Waals surface area (Å²) in [5.41, 5.74) is 2.42. The topological polar surface area (TPSA) is 65.6 Å². The number of rotatable bonds is 2. The average Bonchev–Trinajstić information content (AvgIpc) is 2.88. The van der Waals surface area contributed by atoms with Crippen LogP contribution in [-0.4, -0.2) is 11.7 Å². The maximum absolute atomic E-state index is 11.1. The van der Waals surface area contributed by atoms with Crippen molar-refractivity contribution in [3.05, 3.63) is 53.5 Å². The van der Waals surface area contributed by atoms with Gasteiger partial charge in [-0.2, -0.15) is 0 Å². The van der Waals surface area contributed by atoms with Gasteiger partial charge in [0.25, 0.3) is 0 Å². The Morgan fingerprint density at radius 3 is 2.89 bits per heavy atom. The fourth-order valence-corrected chi connectivity index (χ4v) is 2.35. The minimum Gasteiger partial charge on any atom is -0.545 e. The van der Waals surface area contributed by atoms with Gasteiger partial charge < -0.3 is 14.3 Å². The number of carbonyl (C=O) groups excluding carboxylic acids is 1. The third-order valence-corrected chi connectivity index (χ3v) is 3.25. The van der Waals surface area contributed by atoms with Gasteiger partial charge in [-0.1, -0.05) is 18.2 Å². The van der Waals surface area contributed by atoms with E-state index in [0.717, 1.165) is 36.3 Å². The lowest BCUT2D eigenvalue weighted by Gasteiger charge is -2.14. The van der Waals surface area contributed by atoms with Crippen LogP contribution in [0, 0.1) is 0 Å². The number of aliphatic imine (C=N–C) groups is 1. The second kappa shape index (κ2) is 4.72. The Balaban J connectivity index is 2.07. The van der Waals surface area contributed by atoms with Crippen LogP contribution in [0.15, 0.2) is 46.0 Å². The third kappa shape index (κ3) is 2.17. The van der Waals surface area contributed by atoms with E-state index in [4.69, 9.17) is 4.42 Å². The number of aryl methyl sites for hydroxylation is 1. The Labute approximate surface area is 110 Å². The smallest absolute Gasteiger partial charge is 0.112 e. The van der Waals surface area contributed by atoms with Gasteiger partial charge in [-0.15, -0.1) is 0 Å². The van der Waals surface area contributed by atoms with Gasteiger partial charge in [0.2, 0.25) is 0 Å². The number of para-hydroxylation sites is 1. The Hall–Kier alpha value is -2.36. The first-order valence-electron chi connectivity index (χ1n) is 6.20. The van der Waals surface area contributed by atoms with Crippen LogP contribution >= 0.6 is 0 Å². The molecule has 0 radical (unpaired) electrons. The van der Waals surface area contributed by atoms with Gasteiger partial charge in [-0.05, 0) is 25.0 Å². The molecule has 1 aromatic heterocycles. The number of fused-ring (bicyclic) bond motifs is 1. The van der Waals surface area contributed by atoms with E-state index in [1.54, 1.807) is 24.5 Å². The first kappa shape index (κ1) is 11.7. The highest BCUT2D eigenvalue weighted by Gasteiger charge is 2.18. The molecule has 3 rings (SSSR count). The van der Waals surface area contributed by atoms with Crippen LogP contribution in [0.25, 0.3) is 0 Å². The Morgan fingerprint density at radius 2 is 2.05 bits per heavy atom. The van der Waals surface area contributed by atoms with Crippen molar-refractivity contribution >= 4 is 17.4 Å². The zero-order chi connectivity index (χ0) is 13.2. The second-order valence-corrected chi connectivity index (χ2v) is 4.47. The van der Waals surface area contributed by atoms with Crippen LogP contribution in [0.1, 0.15) is 34.5 Å². The van der Waals surface area contributed by atoms with Gasteiger partial charge in [-0.3, -0.25) is 4.99 Å². The number of benzene rings is 1. The lowest BCUT2D eigenvalue weighted by Crippen LogP contribution is -2.22. The lowest BCUT2D eigenvalue weighted by atomic mass is 9.96. The quantitative estimate of drug-likeness (QED) is 0.824. The van der Waals surface area contributed by atoms with Crippen molar-refractivity contribution in [1.82, 2.24) is 0 Å². The Morgan fingerprint density at radius 1 is 1.21 bits per heavy atom. The SMILES string of the molecule is O=C([O-])c1ccccc1N=C1CCCc2occc21. The van der Waals surface area contributed by atoms with Crippen molar-refractivity contribution in [2.45, 2.75) is 19.3 Å². The van der Waals surface area contributed by atoms with Crippen molar-refractivity contribution in [3.63, 3.8) is 0 Å². The number of carboxylic acid groups (broad SMARTS) is 1. The molecule has 0 amide bonds. The molecule has 0 N–H and O–H groups in total. The van der Waals surface area contributed by atoms with Crippen LogP contribution < -0.4 is 5.11 Å². The third-order valence-electron chi connectivity index (χ3n) is 3.25. The number of furan rings is 1. The van der Waals surface area contributed by atoms with Crippen LogP contribution in [0.3, 0.4) is 0 Å². The predicted octanol–water partition coefficient (Wildman–Crippen LogP) is 2.10. The summed E-state index contributed by atoms with van der Waals surface area (Å²) in [7, 11) is 0. The molecular weight excluding hydrogens is 242 g/mol. The monoisotopic (exact) mass is 254 g/mol. The van der Waals surface area contributed by atoms with Crippen LogP contribution in [-0.2, 0) is 6.42 Å². The van der Waals surface area contributed by atoms with E-state index in [0.29, 0.717) is 5.69 Å². The number of hydrogen-bond acceptors (Lipinski definition) is 4. The number of carboxylic acids is 1. The molecule has 1 aliphatic rings. The molecule has 0 aliphatic heterocycles. The fourth-order valence-electron chi connectivity index (χ4n) is 2.35. The summed E-state index contributed by atoms with van der Waals surface area (Å²) in [6.45, 7) is 0. The lowest BCUT2D eigenvalue weighted by molar-refractivity contribution is -0.254. The number of hydrogen-bond donors (Lipinski definition) is 0. The van der Waals surface area contributed by atoms with E-state index in [1.165, 1.54) is 6.07 Å². The van der Waals surface area contributed by atoms with E-state index in [-0.39, 0.29) is 5.56 Å². The molecule has 0 saturated carbocycles. The van der Waals surface area contributed by atoms with Gasteiger partial charge in [0.05, 0.1) is 23.6 Å². The van der Waals surface area contributed by atoms with E-state index < -0.39 is 5.97 Å². The van der Waals surface area contributed by atoms with Gasteiger partial charge in [0.15, 0.2) is 0 Å². The van der Waals surface area contributed by atoms with Crippen molar-refractivity contribution in [3.8, 4) is 0 Å². The first-order valence-corrected chi connectivity index (χ1v) is 6.20. The van der Waals surface area contributed by atoms with Gasteiger partial charge >= 0.3 is 0 Å². The molecule has 4 heteroatoms. The molecule has 1 aliphatic carbocycles. The summed E-state index contributed by atoms with van der Waals surface area (Å²) in [4.78, 5) is 15.5. The van der Waals surface area contributed by atoms with E-state index in [9.17, 15) is 9.90 Å². The summed E-state index contributed by atoms with van der Waals surface area (Å²) in [6, 6.07) is 8.51. The Kier molecular flexibility index (Phi) is 2.91. The van der Waals surface area contributed by atoms with Crippen LogP contribution in [0.5, 0.6) is 0 Å². The standard InChI is InChI=1S/C15H13NO3/c17-15(18)11-4-1-2-5-13(11)16-12-6-3-7-14-10(12)8-9-19-14/h1-2,4-5,8-9H,3,6-7H2,(H,17,18)/p-1. The summed E-state index contributed by atoms with van der Waals surface area (Å²) < 4.78 is 5.39. The molecule has 0 spiro atoms. The largest absolute Gasteiger partial charge is 0.545 e. The van der Waals surface area contributed by atoms with E-state index >= 15 is 0 Å². The molecule has 4 nitrogen and oxygen atoms in total. The maximum Gasteiger partial charge on any atom is 0.112 e. The second-order valence-electron chi connectivity index (χ2n) is 4.47. The van der Waals surface area contributed by atoms with Crippen LogP contribution in [0.4, 0.5) is 5.69 Å².